The summed E-state index contributed by atoms with van der Waals surface area (Å²) in [6.45, 7) is 1.94. The quantitative estimate of drug-likeness (QED) is 0.186. The van der Waals surface area contributed by atoms with Crippen molar-refractivity contribution in [3.63, 3.8) is 0 Å². The number of nitrogens with two attached hydrogens (primary N) is 1. The van der Waals surface area contributed by atoms with Gasteiger partial charge in [-0.05, 0) is 44.9 Å². The van der Waals surface area contributed by atoms with Gasteiger partial charge >= 0.3 is 5.97 Å². The maximum absolute atomic E-state index is 11.7. The lowest BCUT2D eigenvalue weighted by atomic mass is 10.1. The van der Waals surface area contributed by atoms with Crippen LogP contribution in [-0.4, -0.2) is 41.4 Å². The molecule has 0 aliphatic rings. The van der Waals surface area contributed by atoms with Gasteiger partial charge < -0.3 is 15.7 Å². The van der Waals surface area contributed by atoms with E-state index in [2.05, 4.69) is 48.4 Å². The molecular formula is C22H37N3O3. The largest absolute Gasteiger partial charge is 0.480 e. The predicted octanol–water partition coefficient (Wildman–Crippen LogP) is 4.43. The second kappa shape index (κ2) is 18.0. The van der Waals surface area contributed by atoms with Crippen molar-refractivity contribution in [1.82, 2.24) is 4.90 Å². The zero-order valence-corrected chi connectivity index (χ0v) is 17.5. The van der Waals surface area contributed by atoms with Gasteiger partial charge in [-0.15, -0.1) is 0 Å². The summed E-state index contributed by atoms with van der Waals surface area (Å²) in [7, 11) is 1.49. The summed E-state index contributed by atoms with van der Waals surface area (Å²) in [6, 6.07) is 0. The van der Waals surface area contributed by atoms with Crippen molar-refractivity contribution in [2.75, 3.05) is 13.6 Å². The van der Waals surface area contributed by atoms with Gasteiger partial charge in [0.25, 0.3) is 0 Å². The lowest BCUT2D eigenvalue weighted by Crippen LogP contribution is -2.38. The highest BCUT2D eigenvalue weighted by molar-refractivity contribution is 5.93. The van der Waals surface area contributed by atoms with Crippen molar-refractivity contribution in [3.05, 3.63) is 36.5 Å². The fourth-order valence-corrected chi connectivity index (χ4v) is 2.38. The van der Waals surface area contributed by atoms with Crippen molar-refractivity contribution in [2.24, 2.45) is 10.7 Å². The second-order valence-electron chi connectivity index (χ2n) is 6.74. The van der Waals surface area contributed by atoms with Gasteiger partial charge in [-0.25, -0.2) is 0 Å². The summed E-state index contributed by atoms with van der Waals surface area (Å²) in [6.07, 6.45) is 23.0. The van der Waals surface area contributed by atoms with Crippen molar-refractivity contribution in [3.8, 4) is 0 Å². The van der Waals surface area contributed by atoms with E-state index >= 15 is 0 Å². The van der Waals surface area contributed by atoms with E-state index in [9.17, 15) is 9.59 Å². The molecule has 28 heavy (non-hydrogen) atoms. The van der Waals surface area contributed by atoms with Crippen LogP contribution < -0.4 is 5.73 Å². The van der Waals surface area contributed by atoms with Crippen LogP contribution in [0, 0.1) is 0 Å². The van der Waals surface area contributed by atoms with Gasteiger partial charge in [0.15, 0.2) is 5.96 Å². The van der Waals surface area contributed by atoms with E-state index in [4.69, 9.17) is 10.8 Å². The third kappa shape index (κ3) is 17.1. The normalized spacial score (nSPS) is 12.4. The van der Waals surface area contributed by atoms with E-state index in [1.54, 1.807) is 0 Å². The number of carboxylic acids is 1. The zero-order chi connectivity index (χ0) is 21.0. The molecule has 0 radical (unpaired) electrons. The average molecular weight is 392 g/mol. The van der Waals surface area contributed by atoms with Gasteiger partial charge in [-0.1, -0.05) is 56.2 Å². The molecule has 0 rings (SSSR count). The maximum Gasteiger partial charge on any atom is 0.323 e. The first-order valence-corrected chi connectivity index (χ1v) is 10.2. The van der Waals surface area contributed by atoms with Crippen LogP contribution in [0.5, 0.6) is 0 Å². The number of carbonyl (C=O) groups excluding carboxylic acids is 1. The first-order valence-electron chi connectivity index (χ1n) is 10.2. The maximum atomic E-state index is 11.7. The number of carboxylic acid groups (broad SMARTS) is 1. The Kier molecular flexibility index (Phi) is 16.5. The number of carbonyl (C=O) groups is 2. The van der Waals surface area contributed by atoms with E-state index in [0.717, 1.165) is 32.1 Å². The molecule has 0 saturated carbocycles. The molecule has 0 aromatic carbocycles. The molecule has 0 saturated heterocycles. The summed E-state index contributed by atoms with van der Waals surface area (Å²) in [4.78, 5) is 27.2. The van der Waals surface area contributed by atoms with Crippen LogP contribution in [0.15, 0.2) is 41.4 Å². The molecule has 0 aromatic heterocycles. The Morgan fingerprint density at radius 1 is 0.929 bits per heavy atom. The lowest BCUT2D eigenvalue weighted by molar-refractivity contribution is -0.137. The Balaban J connectivity index is 3.72. The third-order valence-corrected chi connectivity index (χ3v) is 4.03. The summed E-state index contributed by atoms with van der Waals surface area (Å²) >= 11 is 0. The minimum Gasteiger partial charge on any atom is -0.480 e. The molecule has 0 aromatic rings. The van der Waals surface area contributed by atoms with Crippen molar-refractivity contribution in [2.45, 2.75) is 71.1 Å². The number of hydrogen-bond donors (Lipinski definition) is 2. The third-order valence-electron chi connectivity index (χ3n) is 4.03. The number of aliphatic carboxylic acids is 1. The number of hydrogen-bond acceptors (Lipinski definition) is 2. The molecule has 6 nitrogen and oxygen atoms in total. The zero-order valence-electron chi connectivity index (χ0n) is 17.5. The number of amides is 1. The molecule has 0 aliphatic heterocycles. The molecule has 6 heteroatoms. The highest BCUT2D eigenvalue weighted by atomic mass is 16.4. The molecule has 0 heterocycles. The Labute approximate surface area is 169 Å². The van der Waals surface area contributed by atoms with Crippen LogP contribution >= 0.6 is 0 Å². The highest BCUT2D eigenvalue weighted by Crippen LogP contribution is 2.04. The first-order chi connectivity index (χ1) is 13.5. The molecular weight excluding hydrogens is 354 g/mol. The number of likely N-dealkylation sites (N-methyl/N-ethyl adjacent to an activating group) is 1. The molecule has 0 bridgehead atoms. The molecule has 0 aliphatic carbocycles. The Morgan fingerprint density at radius 2 is 1.46 bits per heavy atom. The van der Waals surface area contributed by atoms with Gasteiger partial charge in [-0.2, -0.15) is 4.99 Å². The van der Waals surface area contributed by atoms with Gasteiger partial charge in [0.05, 0.1) is 0 Å². The van der Waals surface area contributed by atoms with Crippen molar-refractivity contribution < 1.29 is 14.7 Å². The molecule has 3 N–H and O–H groups in total. The van der Waals surface area contributed by atoms with Gasteiger partial charge in [0.1, 0.15) is 6.54 Å². The van der Waals surface area contributed by atoms with Crippen molar-refractivity contribution >= 4 is 17.8 Å². The van der Waals surface area contributed by atoms with Gasteiger partial charge in [0.2, 0.25) is 5.91 Å². The number of allylic oxidation sites excluding steroid dienone is 6. The fourth-order valence-electron chi connectivity index (χ4n) is 2.38. The minimum atomic E-state index is -1.02. The van der Waals surface area contributed by atoms with E-state index in [1.807, 2.05) is 0 Å². The Bertz CT molecular complexity index is 551. The monoisotopic (exact) mass is 391 g/mol. The van der Waals surface area contributed by atoms with Crippen LogP contribution in [0.1, 0.15) is 71.1 Å². The summed E-state index contributed by atoms with van der Waals surface area (Å²) in [5, 5.41) is 8.67. The fraction of sp³-hybridized carbons (Fsp3) is 0.591. The number of guanidine groups is 1. The summed E-state index contributed by atoms with van der Waals surface area (Å²) in [5.41, 5.74) is 5.59. The van der Waals surface area contributed by atoms with Crippen LogP contribution in [0.4, 0.5) is 0 Å². The summed E-state index contributed by atoms with van der Waals surface area (Å²) < 4.78 is 0. The smallest absolute Gasteiger partial charge is 0.323 e. The number of unbranched alkanes of at least 4 members (excludes halogenated alkanes) is 5. The van der Waals surface area contributed by atoms with Crippen LogP contribution in [0.2, 0.25) is 0 Å². The Hall–Kier alpha value is -2.37. The number of rotatable bonds is 15. The van der Waals surface area contributed by atoms with Crippen LogP contribution in [0.3, 0.4) is 0 Å². The van der Waals surface area contributed by atoms with E-state index in [0.29, 0.717) is 6.42 Å². The summed E-state index contributed by atoms with van der Waals surface area (Å²) in [5.74, 6) is -1.40. The standard InChI is InChI=1S/C22H37N3O3/c1-3-4-5-6-7-8-9-10-11-12-13-14-15-16-17-18-20(26)24-22(23)25(2)19-21(27)28/h7-8,10-11,13-14H,3-6,9,12,15-19H2,1-2H3,(H,27,28)(H2,23,24,26). The molecule has 0 spiro atoms. The van der Waals surface area contributed by atoms with Crippen molar-refractivity contribution in [1.29, 1.82) is 0 Å². The topological polar surface area (TPSA) is 96.0 Å². The van der Waals surface area contributed by atoms with Gasteiger partial charge in [0, 0.05) is 13.5 Å². The van der Waals surface area contributed by atoms with E-state index < -0.39 is 5.97 Å². The van der Waals surface area contributed by atoms with E-state index in [-0.39, 0.29) is 18.4 Å². The predicted molar refractivity (Wildman–Crippen MR) is 116 cm³/mol. The first kappa shape index (κ1) is 25.6. The highest BCUT2D eigenvalue weighted by Gasteiger charge is 2.08. The molecule has 0 atom stereocenters. The average Bonchev–Trinajstić information content (AvgIpc) is 2.64. The molecule has 158 valence electrons. The minimum absolute atomic E-state index is 0.0603. The van der Waals surface area contributed by atoms with Crippen LogP contribution in [-0.2, 0) is 9.59 Å². The number of nitrogens with zero attached hydrogens (tertiary/aromatic N) is 2. The van der Waals surface area contributed by atoms with Gasteiger partial charge in [-0.3, -0.25) is 9.59 Å². The lowest BCUT2D eigenvalue weighted by Gasteiger charge is -2.14. The molecule has 1 amide bonds. The Morgan fingerprint density at radius 3 is 2.00 bits per heavy atom. The number of aliphatic imine (C=N–C) groups is 1. The molecule has 0 unspecified atom stereocenters. The van der Waals surface area contributed by atoms with E-state index in [1.165, 1.54) is 37.6 Å². The second-order valence-corrected chi connectivity index (χ2v) is 6.74. The van der Waals surface area contributed by atoms with Crippen LogP contribution in [0.25, 0.3) is 0 Å². The molecule has 0 fully saturated rings. The SMILES string of the molecule is CCCCCC=CCC=CCC=CCCCCC(=O)N=C(N)N(C)CC(=O)O.